The lowest BCUT2D eigenvalue weighted by Gasteiger charge is -2.12. The number of nitro groups is 2. The molecule has 0 radical (unpaired) electrons. The van der Waals surface area contributed by atoms with Gasteiger partial charge < -0.3 is 9.47 Å². The van der Waals surface area contributed by atoms with Crippen molar-refractivity contribution in [1.29, 1.82) is 10.8 Å². The summed E-state index contributed by atoms with van der Waals surface area (Å²) in [6, 6.07) is 44.5. The van der Waals surface area contributed by atoms with Gasteiger partial charge in [-0.2, -0.15) is 17.5 Å². The van der Waals surface area contributed by atoms with Crippen LogP contribution < -0.4 is 9.47 Å². The van der Waals surface area contributed by atoms with E-state index in [1.54, 1.807) is 59.1 Å². The maximum Gasteiger partial charge on any atom is 0.573 e. The van der Waals surface area contributed by atoms with E-state index in [9.17, 15) is 46.6 Å². The Hall–Kier alpha value is -8.84. The molecule has 0 fully saturated rings. The summed E-state index contributed by atoms with van der Waals surface area (Å²) in [5.41, 5.74) is 9.54. The Labute approximate surface area is 490 Å². The summed E-state index contributed by atoms with van der Waals surface area (Å²) in [4.78, 5) is 29.9. The van der Waals surface area contributed by atoms with Crippen LogP contribution in [0.5, 0.6) is 11.5 Å². The highest BCUT2D eigenvalue weighted by molar-refractivity contribution is 7.58. The summed E-state index contributed by atoms with van der Waals surface area (Å²) in [7, 11) is 0. The van der Waals surface area contributed by atoms with E-state index in [1.165, 1.54) is 63.0 Å². The number of rotatable bonds is 12. The number of ether oxygens (including phenoxy) is 2. The first kappa shape index (κ1) is 57.4. The van der Waals surface area contributed by atoms with Crippen LogP contribution in [0.15, 0.2) is 169 Å². The minimum atomic E-state index is -4.84. The molecule has 10 aromatic rings. The molecule has 0 spiro atoms. The van der Waals surface area contributed by atoms with Gasteiger partial charge in [-0.25, -0.2) is 0 Å². The standard InChI is InChI=1S/C29H19F3N2OS3.C28H15F3N4O5S3.N2/c1-16-3-5-18(6-4-16)23-12-14-25(37-23)26-17(2)15-21(27-28(26)34-38-33-27)24-13-11-22(36-24)19-7-9-20(10-8-19)35-29(30,31)32;1-14-2-4-15(5-3-14)18-10-12-20(41-18)22-24-25(33-43-32-24)23(27(35(38)39)26(22)34(36)37)21-13-11-19(42-21)16-6-8-17(9-7-16)40-28(29,30)31;1-2/h3-15H,1-2H3;2-13H,1H3;. The van der Waals surface area contributed by atoms with Gasteiger partial charge in [0, 0.05) is 60.9 Å². The van der Waals surface area contributed by atoms with Crippen molar-refractivity contribution in [1.82, 2.24) is 0 Å². The monoisotopic (exact) mass is 1230 g/mol. The zero-order valence-electron chi connectivity index (χ0n) is 42.7. The van der Waals surface area contributed by atoms with Gasteiger partial charge in [-0.1, -0.05) is 59.7 Å². The fourth-order valence-electron chi connectivity index (χ4n) is 8.97. The molecule has 12 rings (SSSR count). The lowest BCUT2D eigenvalue weighted by Crippen LogP contribution is -2.16. The molecule has 26 heteroatoms. The summed E-state index contributed by atoms with van der Waals surface area (Å²) in [5, 5.41) is 37.0. The van der Waals surface area contributed by atoms with Gasteiger partial charge in [0.05, 0.1) is 32.6 Å². The van der Waals surface area contributed by atoms with Crippen LogP contribution in [0.25, 0.3) is 83.5 Å². The van der Waals surface area contributed by atoms with E-state index in [1.807, 2.05) is 43.3 Å². The van der Waals surface area contributed by atoms with Crippen molar-refractivity contribution >= 4 is 102 Å². The van der Waals surface area contributed by atoms with Gasteiger partial charge in [-0.3, -0.25) is 20.2 Å². The number of hydrogen-bond acceptors (Lipinski definition) is 16. The van der Waals surface area contributed by atoms with Crippen LogP contribution in [0.3, 0.4) is 0 Å². The Balaban J connectivity index is 0.000000181. The lowest BCUT2D eigenvalue weighted by atomic mass is 9.98. The molecule has 0 atom stereocenters. The van der Waals surface area contributed by atoms with Gasteiger partial charge in [0.1, 0.15) is 45.4 Å². The van der Waals surface area contributed by atoms with Gasteiger partial charge in [0.2, 0.25) is 0 Å². The van der Waals surface area contributed by atoms with Crippen LogP contribution in [-0.2, 0) is 22.7 Å². The van der Waals surface area contributed by atoms with Crippen molar-refractivity contribution < 1.29 is 45.7 Å². The van der Waals surface area contributed by atoms with Crippen molar-refractivity contribution in [2.45, 2.75) is 33.5 Å². The number of thiophene rings is 4. The lowest BCUT2D eigenvalue weighted by molar-refractivity contribution is -0.421. The number of halogens is 6. The average molecular weight is 1230 g/mol. The van der Waals surface area contributed by atoms with E-state index in [-0.39, 0.29) is 28.3 Å². The van der Waals surface area contributed by atoms with Gasteiger partial charge in [0.15, 0.2) is 0 Å². The second-order valence-electron chi connectivity index (χ2n) is 18.0. The maximum atomic E-state index is 12.5. The molecule has 416 valence electrons. The zero-order chi connectivity index (χ0) is 58.9. The van der Waals surface area contributed by atoms with Crippen molar-refractivity contribution in [2.75, 3.05) is 0 Å². The fourth-order valence-corrected chi connectivity index (χ4v) is 14.4. The van der Waals surface area contributed by atoms with E-state index in [0.717, 1.165) is 99.1 Å². The second kappa shape index (κ2) is 23.6. The molecule has 4 aromatic heterocycles. The van der Waals surface area contributed by atoms with Crippen molar-refractivity contribution in [3.8, 4) is 95.0 Å². The molecule has 6 aromatic carbocycles. The van der Waals surface area contributed by atoms with Crippen LogP contribution >= 0.6 is 45.3 Å². The first-order chi connectivity index (χ1) is 39.7. The first-order valence-electron chi connectivity index (χ1n) is 24.1. The third-order valence-electron chi connectivity index (χ3n) is 12.6. The summed E-state index contributed by atoms with van der Waals surface area (Å²) < 4.78 is 101. The van der Waals surface area contributed by atoms with Gasteiger partial charge in [0.25, 0.3) is 0 Å². The van der Waals surface area contributed by atoms with Crippen molar-refractivity contribution in [2.24, 2.45) is 17.5 Å². The number of hydrogen-bond donors (Lipinski definition) is 0. The Morgan fingerprint density at radius 3 is 1.05 bits per heavy atom. The predicted molar refractivity (Wildman–Crippen MR) is 315 cm³/mol. The Kier molecular flexibility index (Phi) is 16.3. The zero-order valence-corrected chi connectivity index (χ0v) is 47.6. The van der Waals surface area contributed by atoms with E-state index in [0.29, 0.717) is 20.2 Å². The molecular weight excluding hydrogens is 1200 g/mol. The van der Waals surface area contributed by atoms with Gasteiger partial charge in [-0.05, 0) is 152 Å². The predicted octanol–water partition coefficient (Wildman–Crippen LogP) is 21.0. The number of benzene rings is 6. The van der Waals surface area contributed by atoms with E-state index >= 15 is 0 Å². The molecule has 83 heavy (non-hydrogen) atoms. The van der Waals surface area contributed by atoms with Crippen LogP contribution in [-0.4, -0.2) is 22.6 Å². The highest BCUT2D eigenvalue weighted by atomic mass is 32.1. The van der Waals surface area contributed by atoms with Crippen molar-refractivity contribution in [3.63, 3.8) is 0 Å². The molecule has 0 unspecified atom stereocenters. The van der Waals surface area contributed by atoms with Gasteiger partial charge in [-0.15, -0.1) is 71.7 Å². The van der Waals surface area contributed by atoms with E-state index in [2.05, 4.69) is 83.2 Å². The molecule has 0 saturated carbocycles. The number of nitrogens with zero attached hydrogens (tertiary/aromatic N) is 8. The molecule has 0 aliphatic carbocycles. The smallest absolute Gasteiger partial charge is 0.406 e. The third kappa shape index (κ3) is 12.4. The molecular formula is C57H34F6N8O6S6. The first-order valence-corrected chi connectivity index (χ1v) is 28.8. The Morgan fingerprint density at radius 1 is 0.410 bits per heavy atom. The fraction of sp³-hybridized carbons (Fsp3) is 0.0877. The normalized spacial score (nSPS) is 12.0. The van der Waals surface area contributed by atoms with Crippen LogP contribution in [0, 0.1) is 51.8 Å². The molecule has 2 aliphatic rings. The summed E-state index contributed by atoms with van der Waals surface area (Å²) in [6.45, 7) is 6.14. The van der Waals surface area contributed by atoms with E-state index < -0.39 is 39.7 Å². The largest absolute Gasteiger partial charge is 0.573 e. The number of nitro benzene ring substituents is 2. The number of fused-ring (bicyclic) bond motifs is 2. The molecule has 0 amide bonds. The van der Waals surface area contributed by atoms with Crippen LogP contribution in [0.2, 0.25) is 0 Å². The molecule has 14 nitrogen and oxygen atoms in total. The molecule has 0 bridgehead atoms. The third-order valence-corrected chi connectivity index (χ3v) is 18.3. The molecule has 0 saturated heterocycles. The highest BCUT2D eigenvalue weighted by Gasteiger charge is 2.42. The van der Waals surface area contributed by atoms with Crippen molar-refractivity contribution in [3.05, 3.63) is 189 Å². The topological polar surface area (TPSA) is 202 Å². The maximum absolute atomic E-state index is 12.5. The minimum absolute atomic E-state index is 0.0181. The Bertz CT molecular complexity index is 4330. The number of alkyl halides is 6. The highest BCUT2D eigenvalue weighted by Crippen LogP contribution is 2.60. The van der Waals surface area contributed by atoms with Gasteiger partial charge >= 0.3 is 24.1 Å². The van der Waals surface area contributed by atoms with E-state index in [4.69, 9.17) is 10.8 Å². The van der Waals surface area contributed by atoms with Crippen LogP contribution in [0.4, 0.5) is 60.5 Å². The summed E-state index contributed by atoms with van der Waals surface area (Å²) in [5.74, 6) is -0.636. The summed E-state index contributed by atoms with van der Waals surface area (Å²) in [6.07, 6.45) is -9.55. The minimum Gasteiger partial charge on any atom is -0.406 e. The number of aryl methyl sites for hydroxylation is 3. The molecule has 6 heterocycles. The van der Waals surface area contributed by atoms with Crippen LogP contribution in [0.1, 0.15) is 16.7 Å². The summed E-state index contributed by atoms with van der Waals surface area (Å²) >= 11 is 7.63. The second-order valence-corrected chi connectivity index (χ2v) is 23.4. The SMILES string of the molecule is Cc1ccc(-c2ccc(-c3c(C)cc(-c4ccc(-c5ccc(OC(F)(F)F)cc5)s4)c4c3N=S=N4)s2)cc1.Cc1ccc(-c2ccc(-c3c4c(c(-c5ccc(-c6ccc(OC(F)(F)F)cc6)s5)c([N+](=O)[O-])c3[N+](=O)[O-])N=S=N4)s2)cc1.N#N. The molecule has 0 N–H and O–H groups in total. The Morgan fingerprint density at radius 2 is 0.699 bits per heavy atom. The quantitative estimate of drug-likeness (QED) is 0.0497. The molecule has 2 aliphatic heterocycles. The average Bonchev–Trinajstić information content (AvgIpc) is 2.90.